The first kappa shape index (κ1) is 23.6. The summed E-state index contributed by atoms with van der Waals surface area (Å²) in [7, 11) is 0. The Morgan fingerprint density at radius 3 is 2.42 bits per heavy atom. The van der Waals surface area contributed by atoms with Crippen molar-refractivity contribution in [2.75, 3.05) is 0 Å². The standard InChI is InChI=1S/C30H50O/c1-8-28(5)26-15-12-22-24-14-13-23(21(4)11-9-10-20(2)3)29(24,6)18-16-25(22)30(26,7)19-17-27(28)31/h14,20-21,23,26-27,31H,8-13,15-19H2,1-7H3/t21-,23-,26?,27?,28+,29-,30-/m1/s1. The van der Waals surface area contributed by atoms with Gasteiger partial charge in [-0.2, -0.15) is 0 Å². The number of fused-ring (bicyclic) bond motifs is 4. The molecule has 0 radical (unpaired) electrons. The zero-order valence-corrected chi connectivity index (χ0v) is 21.7. The van der Waals surface area contributed by atoms with Crippen molar-refractivity contribution < 1.29 is 5.11 Å². The van der Waals surface area contributed by atoms with Crippen LogP contribution in [0.4, 0.5) is 0 Å². The van der Waals surface area contributed by atoms with Crippen LogP contribution < -0.4 is 0 Å². The maximum Gasteiger partial charge on any atom is 0.0597 e. The third-order valence-electron chi connectivity index (χ3n) is 11.1. The molecule has 0 amide bonds. The molecule has 0 aliphatic heterocycles. The average molecular weight is 427 g/mol. The maximum absolute atomic E-state index is 10.9. The predicted octanol–water partition coefficient (Wildman–Crippen LogP) is 8.48. The second kappa shape index (κ2) is 8.34. The van der Waals surface area contributed by atoms with E-state index in [9.17, 15) is 5.11 Å². The van der Waals surface area contributed by atoms with Crippen molar-refractivity contribution in [3.05, 3.63) is 22.8 Å². The van der Waals surface area contributed by atoms with Gasteiger partial charge in [-0.05, 0) is 102 Å². The van der Waals surface area contributed by atoms with Crippen molar-refractivity contribution >= 4 is 0 Å². The summed E-state index contributed by atoms with van der Waals surface area (Å²) in [6.45, 7) is 17.2. The quantitative estimate of drug-likeness (QED) is 0.451. The molecule has 0 aromatic rings. The number of aliphatic hydroxyl groups excluding tert-OH is 1. The highest BCUT2D eigenvalue weighted by Crippen LogP contribution is 2.67. The molecule has 1 N–H and O–H groups in total. The van der Waals surface area contributed by atoms with Crippen molar-refractivity contribution in [1.82, 2.24) is 0 Å². The van der Waals surface area contributed by atoms with E-state index >= 15 is 0 Å². The van der Waals surface area contributed by atoms with Crippen LogP contribution in [0.15, 0.2) is 22.8 Å². The van der Waals surface area contributed by atoms with Crippen molar-refractivity contribution in [2.24, 2.45) is 39.9 Å². The molecule has 1 fully saturated rings. The summed E-state index contributed by atoms with van der Waals surface area (Å²) in [6.07, 6.45) is 16.5. The summed E-state index contributed by atoms with van der Waals surface area (Å²) < 4.78 is 0. The van der Waals surface area contributed by atoms with Gasteiger partial charge in [0.2, 0.25) is 0 Å². The number of hydrogen-bond donors (Lipinski definition) is 1. The van der Waals surface area contributed by atoms with E-state index in [1.807, 2.05) is 5.57 Å². The normalized spacial score (nSPS) is 43.4. The van der Waals surface area contributed by atoms with Crippen LogP contribution in [0.5, 0.6) is 0 Å². The van der Waals surface area contributed by atoms with Crippen LogP contribution in [0.25, 0.3) is 0 Å². The molecule has 0 heterocycles. The summed E-state index contributed by atoms with van der Waals surface area (Å²) in [5.74, 6) is 3.15. The molecule has 2 unspecified atom stereocenters. The van der Waals surface area contributed by atoms with Gasteiger partial charge >= 0.3 is 0 Å². The Hall–Kier alpha value is -0.560. The van der Waals surface area contributed by atoms with Crippen LogP contribution in [0.1, 0.15) is 119 Å². The van der Waals surface area contributed by atoms with Gasteiger partial charge in [0.05, 0.1) is 6.10 Å². The minimum absolute atomic E-state index is 0.0871. The molecule has 0 saturated heterocycles. The van der Waals surface area contributed by atoms with E-state index in [0.717, 1.165) is 30.6 Å². The van der Waals surface area contributed by atoms with Crippen LogP contribution in [-0.2, 0) is 0 Å². The van der Waals surface area contributed by atoms with Crippen LogP contribution in [0, 0.1) is 39.9 Å². The van der Waals surface area contributed by atoms with Gasteiger partial charge in [-0.25, -0.2) is 0 Å². The molecular weight excluding hydrogens is 376 g/mol. The number of aliphatic hydroxyl groups is 1. The number of allylic oxidation sites excluding steroid dienone is 4. The largest absolute Gasteiger partial charge is 0.393 e. The second-order valence-corrected chi connectivity index (χ2v) is 13.1. The molecule has 0 spiro atoms. The molecule has 1 nitrogen and oxygen atoms in total. The third-order valence-corrected chi connectivity index (χ3v) is 11.1. The summed E-state index contributed by atoms with van der Waals surface area (Å²) in [6, 6.07) is 0. The highest BCUT2D eigenvalue weighted by Gasteiger charge is 2.58. The fourth-order valence-corrected chi connectivity index (χ4v) is 8.93. The van der Waals surface area contributed by atoms with E-state index in [4.69, 9.17) is 0 Å². The van der Waals surface area contributed by atoms with E-state index in [-0.39, 0.29) is 11.5 Å². The Labute approximate surface area is 193 Å². The molecular formula is C30H50O. The Morgan fingerprint density at radius 1 is 1.00 bits per heavy atom. The van der Waals surface area contributed by atoms with Crippen molar-refractivity contribution in [3.8, 4) is 0 Å². The van der Waals surface area contributed by atoms with Gasteiger partial charge < -0.3 is 5.11 Å². The van der Waals surface area contributed by atoms with Crippen LogP contribution >= 0.6 is 0 Å². The van der Waals surface area contributed by atoms with E-state index in [1.165, 1.54) is 57.8 Å². The van der Waals surface area contributed by atoms with Gasteiger partial charge in [-0.3, -0.25) is 0 Å². The van der Waals surface area contributed by atoms with Crippen molar-refractivity contribution in [3.63, 3.8) is 0 Å². The summed E-state index contributed by atoms with van der Waals surface area (Å²) >= 11 is 0. The maximum atomic E-state index is 10.9. The zero-order valence-electron chi connectivity index (χ0n) is 21.7. The lowest BCUT2D eigenvalue weighted by atomic mass is 9.45. The minimum atomic E-state index is -0.117. The van der Waals surface area contributed by atoms with E-state index in [2.05, 4.69) is 54.5 Å². The monoisotopic (exact) mass is 426 g/mol. The average Bonchev–Trinajstić information content (AvgIpc) is 3.08. The lowest BCUT2D eigenvalue weighted by Crippen LogP contribution is -2.54. The molecule has 4 aliphatic carbocycles. The first-order valence-corrected chi connectivity index (χ1v) is 13.7. The number of rotatable bonds is 6. The fourth-order valence-electron chi connectivity index (χ4n) is 8.93. The molecule has 7 atom stereocenters. The third kappa shape index (κ3) is 3.60. The van der Waals surface area contributed by atoms with Gasteiger partial charge in [-0.15, -0.1) is 0 Å². The lowest BCUT2D eigenvalue weighted by Gasteiger charge is -2.60. The highest BCUT2D eigenvalue weighted by atomic mass is 16.3. The molecule has 176 valence electrons. The molecule has 1 heteroatoms. The summed E-state index contributed by atoms with van der Waals surface area (Å²) in [5, 5.41) is 10.9. The summed E-state index contributed by atoms with van der Waals surface area (Å²) in [5.41, 5.74) is 6.15. The number of hydrogen-bond acceptors (Lipinski definition) is 1. The predicted molar refractivity (Wildman–Crippen MR) is 133 cm³/mol. The zero-order chi connectivity index (χ0) is 22.6. The Balaban J connectivity index is 1.59. The van der Waals surface area contributed by atoms with E-state index < -0.39 is 0 Å². The van der Waals surface area contributed by atoms with E-state index in [0.29, 0.717) is 16.7 Å². The van der Waals surface area contributed by atoms with Gasteiger partial charge in [0, 0.05) is 0 Å². The first-order valence-electron chi connectivity index (χ1n) is 13.7. The van der Waals surface area contributed by atoms with Crippen molar-refractivity contribution in [1.29, 1.82) is 0 Å². The van der Waals surface area contributed by atoms with Gasteiger partial charge in [-0.1, -0.05) is 79.4 Å². The van der Waals surface area contributed by atoms with Gasteiger partial charge in [0.15, 0.2) is 0 Å². The minimum Gasteiger partial charge on any atom is -0.393 e. The molecule has 31 heavy (non-hydrogen) atoms. The van der Waals surface area contributed by atoms with Crippen LogP contribution in [0.2, 0.25) is 0 Å². The molecule has 4 rings (SSSR count). The Morgan fingerprint density at radius 2 is 1.74 bits per heavy atom. The molecule has 1 saturated carbocycles. The second-order valence-electron chi connectivity index (χ2n) is 13.1. The lowest BCUT2D eigenvalue weighted by molar-refractivity contribution is -0.103. The molecule has 0 bridgehead atoms. The van der Waals surface area contributed by atoms with Crippen molar-refractivity contribution in [2.45, 2.75) is 125 Å². The topological polar surface area (TPSA) is 20.2 Å². The Bertz CT molecular complexity index is 744. The van der Waals surface area contributed by atoms with Gasteiger partial charge in [0.25, 0.3) is 0 Å². The highest BCUT2D eigenvalue weighted by molar-refractivity contribution is 5.49. The summed E-state index contributed by atoms with van der Waals surface area (Å²) in [4.78, 5) is 0. The van der Waals surface area contributed by atoms with Crippen LogP contribution in [0.3, 0.4) is 0 Å². The first-order chi connectivity index (χ1) is 14.6. The fraction of sp³-hybridized carbons (Fsp3) is 0.867. The van der Waals surface area contributed by atoms with E-state index in [1.54, 1.807) is 11.1 Å². The smallest absolute Gasteiger partial charge is 0.0597 e. The molecule has 0 aromatic carbocycles. The Kier molecular flexibility index (Phi) is 6.35. The van der Waals surface area contributed by atoms with Gasteiger partial charge in [0.1, 0.15) is 0 Å². The van der Waals surface area contributed by atoms with Crippen LogP contribution in [-0.4, -0.2) is 11.2 Å². The molecule has 0 aromatic heterocycles. The SMILES string of the molecule is CC[C@]1(C)C(O)CC[C@]2(C)C3=C(CCC12)C1=CC[C@H]([C@H](C)CCCC(C)C)[C@@]1(C)CC3. The molecule has 4 aliphatic rings.